The van der Waals surface area contributed by atoms with Gasteiger partial charge in [0.05, 0.1) is 0 Å². The van der Waals surface area contributed by atoms with Crippen molar-refractivity contribution in [2.45, 2.75) is 26.7 Å². The molecule has 0 radical (unpaired) electrons. The third-order valence-corrected chi connectivity index (χ3v) is 3.80. The van der Waals surface area contributed by atoms with E-state index in [1.165, 1.54) is 22.0 Å². The summed E-state index contributed by atoms with van der Waals surface area (Å²) in [5.41, 5.74) is 3.82. The van der Waals surface area contributed by atoms with E-state index in [0.29, 0.717) is 0 Å². The average Bonchev–Trinajstić information content (AvgIpc) is 2.95. The highest BCUT2D eigenvalue weighted by atomic mass is 16.5. The predicted molar refractivity (Wildman–Crippen MR) is 97.2 cm³/mol. The molecule has 0 saturated carbocycles. The molecule has 0 aliphatic heterocycles. The van der Waals surface area contributed by atoms with Gasteiger partial charge in [0.2, 0.25) is 0 Å². The van der Waals surface area contributed by atoms with E-state index in [-0.39, 0.29) is 0 Å². The third-order valence-electron chi connectivity index (χ3n) is 3.80. The quantitative estimate of drug-likeness (QED) is 0.398. The van der Waals surface area contributed by atoms with E-state index in [1.54, 1.807) is 7.05 Å². The van der Waals surface area contributed by atoms with Crippen LogP contribution < -0.4 is 10.6 Å². The first kappa shape index (κ1) is 17.3. The molecular weight excluding hydrogens is 288 g/mol. The van der Waals surface area contributed by atoms with Gasteiger partial charge in [0.25, 0.3) is 0 Å². The Morgan fingerprint density at radius 3 is 2.87 bits per heavy atom. The summed E-state index contributed by atoms with van der Waals surface area (Å²) in [6.07, 6.45) is 4.04. The smallest absolute Gasteiger partial charge is 0.190 e. The van der Waals surface area contributed by atoms with Gasteiger partial charge in [-0.05, 0) is 43.9 Å². The highest BCUT2D eigenvalue weighted by molar-refractivity contribution is 5.84. The van der Waals surface area contributed by atoms with Gasteiger partial charge in [-0.15, -0.1) is 0 Å². The van der Waals surface area contributed by atoms with Crippen LogP contribution >= 0.6 is 0 Å². The second-order valence-electron chi connectivity index (χ2n) is 5.59. The number of H-pyrrole nitrogens is 1. The minimum Gasteiger partial charge on any atom is -0.382 e. The number of aliphatic imine (C=N–C) groups is 1. The summed E-state index contributed by atoms with van der Waals surface area (Å²) in [4.78, 5) is 7.59. The van der Waals surface area contributed by atoms with E-state index >= 15 is 0 Å². The first-order valence-corrected chi connectivity index (χ1v) is 8.33. The molecule has 0 spiro atoms. The molecular formula is C18H28N4O. The molecule has 0 aliphatic rings. The second-order valence-corrected chi connectivity index (χ2v) is 5.59. The number of nitrogens with one attached hydrogen (secondary N) is 3. The maximum atomic E-state index is 5.32. The molecule has 2 aromatic rings. The topological polar surface area (TPSA) is 61.4 Å². The summed E-state index contributed by atoms with van der Waals surface area (Å²) in [6, 6.07) is 6.54. The van der Waals surface area contributed by atoms with Crippen molar-refractivity contribution in [2.75, 3.05) is 33.4 Å². The monoisotopic (exact) mass is 316 g/mol. The molecule has 0 atom stereocenters. The Kier molecular flexibility index (Phi) is 6.94. The summed E-state index contributed by atoms with van der Waals surface area (Å²) < 4.78 is 5.32. The summed E-state index contributed by atoms with van der Waals surface area (Å²) in [6.45, 7) is 7.41. The largest absolute Gasteiger partial charge is 0.382 e. The minimum atomic E-state index is 0.775. The van der Waals surface area contributed by atoms with Crippen LogP contribution in [0.1, 0.15) is 24.5 Å². The van der Waals surface area contributed by atoms with Gasteiger partial charge >= 0.3 is 0 Å². The fourth-order valence-electron chi connectivity index (χ4n) is 2.57. The van der Waals surface area contributed by atoms with Crippen LogP contribution in [0, 0.1) is 6.92 Å². The highest BCUT2D eigenvalue weighted by Gasteiger charge is 2.04. The number of aromatic nitrogens is 1. The second kappa shape index (κ2) is 9.20. The Balaban J connectivity index is 1.76. The van der Waals surface area contributed by atoms with Crippen molar-refractivity contribution in [1.29, 1.82) is 0 Å². The van der Waals surface area contributed by atoms with E-state index in [1.807, 2.05) is 6.92 Å². The zero-order valence-corrected chi connectivity index (χ0v) is 14.4. The number of hydrogen-bond donors (Lipinski definition) is 3. The molecule has 1 aromatic carbocycles. The summed E-state index contributed by atoms with van der Waals surface area (Å²) in [5.74, 6) is 0.845. The fourth-order valence-corrected chi connectivity index (χ4v) is 2.57. The van der Waals surface area contributed by atoms with E-state index in [9.17, 15) is 0 Å². The van der Waals surface area contributed by atoms with Gasteiger partial charge in [-0.25, -0.2) is 0 Å². The zero-order valence-electron chi connectivity index (χ0n) is 14.4. The lowest BCUT2D eigenvalue weighted by atomic mass is 10.1. The number of aromatic amines is 1. The van der Waals surface area contributed by atoms with Crippen LogP contribution in [0.2, 0.25) is 0 Å². The molecule has 1 heterocycles. The van der Waals surface area contributed by atoms with E-state index in [0.717, 1.165) is 45.1 Å². The fraction of sp³-hybridized carbons (Fsp3) is 0.500. The number of ether oxygens (including phenoxy) is 1. The molecule has 0 saturated heterocycles. The summed E-state index contributed by atoms with van der Waals surface area (Å²) >= 11 is 0. The average molecular weight is 316 g/mol. The summed E-state index contributed by atoms with van der Waals surface area (Å²) in [7, 11) is 1.80. The molecule has 5 heteroatoms. The van der Waals surface area contributed by atoms with Crippen molar-refractivity contribution in [3.8, 4) is 0 Å². The van der Waals surface area contributed by atoms with Gasteiger partial charge in [0.1, 0.15) is 0 Å². The van der Waals surface area contributed by atoms with Crippen molar-refractivity contribution in [3.63, 3.8) is 0 Å². The molecule has 0 fully saturated rings. The lowest BCUT2D eigenvalue weighted by Crippen LogP contribution is -2.39. The van der Waals surface area contributed by atoms with E-state index < -0.39 is 0 Å². The van der Waals surface area contributed by atoms with Gasteiger partial charge < -0.3 is 20.4 Å². The van der Waals surface area contributed by atoms with Gasteiger partial charge in [0, 0.05) is 50.5 Å². The Morgan fingerprint density at radius 2 is 2.09 bits per heavy atom. The Bertz CT molecular complexity index is 633. The van der Waals surface area contributed by atoms with Gasteiger partial charge in [-0.2, -0.15) is 0 Å². The molecule has 126 valence electrons. The molecule has 1 aromatic heterocycles. The molecule has 0 bridgehead atoms. The van der Waals surface area contributed by atoms with Crippen LogP contribution in [0.5, 0.6) is 0 Å². The molecule has 2 rings (SSSR count). The van der Waals surface area contributed by atoms with Crippen LogP contribution in [0.25, 0.3) is 10.9 Å². The van der Waals surface area contributed by atoms with Gasteiger partial charge in [-0.3, -0.25) is 4.99 Å². The van der Waals surface area contributed by atoms with Crippen molar-refractivity contribution >= 4 is 16.9 Å². The lowest BCUT2D eigenvalue weighted by molar-refractivity contribution is 0.145. The first-order valence-electron chi connectivity index (χ1n) is 8.33. The van der Waals surface area contributed by atoms with E-state index in [2.05, 4.69) is 51.9 Å². The Morgan fingerprint density at radius 1 is 1.26 bits per heavy atom. The van der Waals surface area contributed by atoms with Crippen molar-refractivity contribution in [3.05, 3.63) is 35.5 Å². The molecule has 0 amide bonds. The number of nitrogens with zero attached hydrogens (tertiary/aromatic N) is 1. The number of benzene rings is 1. The Labute approximate surface area is 138 Å². The minimum absolute atomic E-state index is 0.775. The Hall–Kier alpha value is -2.01. The van der Waals surface area contributed by atoms with Crippen molar-refractivity contribution in [2.24, 2.45) is 4.99 Å². The SMILES string of the molecule is CCOCCCNC(=NC)NCCc1c[nH]c2cc(C)ccc12. The van der Waals surface area contributed by atoms with Gasteiger partial charge in [0.15, 0.2) is 5.96 Å². The van der Waals surface area contributed by atoms with Crippen molar-refractivity contribution in [1.82, 2.24) is 15.6 Å². The number of hydrogen-bond acceptors (Lipinski definition) is 2. The normalized spacial score (nSPS) is 11.9. The van der Waals surface area contributed by atoms with Crippen LogP contribution in [0.4, 0.5) is 0 Å². The van der Waals surface area contributed by atoms with Crippen LogP contribution in [-0.4, -0.2) is 44.3 Å². The molecule has 0 aliphatic carbocycles. The standard InChI is InChI=1S/C18H28N4O/c1-4-23-11-5-9-20-18(19-3)21-10-8-15-13-22-17-12-14(2)6-7-16(15)17/h6-7,12-13,22H,4-5,8-11H2,1-3H3,(H2,19,20,21). The van der Waals surface area contributed by atoms with Crippen LogP contribution in [0.15, 0.2) is 29.4 Å². The highest BCUT2D eigenvalue weighted by Crippen LogP contribution is 2.19. The van der Waals surface area contributed by atoms with Crippen LogP contribution in [-0.2, 0) is 11.2 Å². The molecule has 23 heavy (non-hydrogen) atoms. The maximum Gasteiger partial charge on any atom is 0.190 e. The maximum absolute atomic E-state index is 5.32. The third kappa shape index (κ3) is 5.28. The van der Waals surface area contributed by atoms with E-state index in [4.69, 9.17) is 4.74 Å². The lowest BCUT2D eigenvalue weighted by Gasteiger charge is -2.11. The molecule has 5 nitrogen and oxygen atoms in total. The number of rotatable bonds is 8. The molecule has 0 unspecified atom stereocenters. The predicted octanol–water partition coefficient (Wildman–Crippen LogP) is 2.61. The number of fused-ring (bicyclic) bond motifs is 1. The number of aryl methyl sites for hydroxylation is 1. The van der Waals surface area contributed by atoms with Crippen LogP contribution in [0.3, 0.4) is 0 Å². The molecule has 3 N–H and O–H groups in total. The number of guanidine groups is 1. The zero-order chi connectivity index (χ0) is 16.5. The van der Waals surface area contributed by atoms with Crippen molar-refractivity contribution < 1.29 is 4.74 Å². The summed E-state index contributed by atoms with van der Waals surface area (Å²) in [5, 5.41) is 7.97. The first-order chi connectivity index (χ1) is 11.2. The van der Waals surface area contributed by atoms with Gasteiger partial charge in [-0.1, -0.05) is 12.1 Å².